The van der Waals surface area contributed by atoms with Gasteiger partial charge in [-0.3, -0.25) is 0 Å². The van der Waals surface area contributed by atoms with E-state index >= 15 is 0 Å². The fourth-order valence-electron chi connectivity index (χ4n) is 1.99. The summed E-state index contributed by atoms with van der Waals surface area (Å²) in [5, 5.41) is 11.9. The fraction of sp³-hybridized carbons (Fsp3) is 0.188. The van der Waals surface area contributed by atoms with Gasteiger partial charge in [0.2, 0.25) is 0 Å². The summed E-state index contributed by atoms with van der Waals surface area (Å²) >= 11 is 0. The third-order valence-electron chi connectivity index (χ3n) is 3.12. The molecule has 2 aromatic rings. The van der Waals surface area contributed by atoms with E-state index in [0.29, 0.717) is 17.7 Å². The number of nitrogens with zero attached hydrogens (tertiary/aromatic N) is 1. The predicted molar refractivity (Wildman–Crippen MR) is 72.8 cm³/mol. The Labute approximate surface area is 116 Å². The smallest absolute Gasteiger partial charge is 0.163 e. The Morgan fingerprint density at radius 1 is 1.20 bits per heavy atom. The zero-order valence-electron chi connectivity index (χ0n) is 11.0. The molecule has 2 rings (SSSR count). The highest BCUT2D eigenvalue weighted by molar-refractivity contribution is 5.32. The van der Waals surface area contributed by atoms with Crippen LogP contribution in [0.2, 0.25) is 0 Å². The molecular weight excluding hydrogens is 258 g/mol. The summed E-state index contributed by atoms with van der Waals surface area (Å²) in [7, 11) is 0. The number of hydrogen-bond acceptors (Lipinski definition) is 2. The van der Waals surface area contributed by atoms with Gasteiger partial charge in [0, 0.05) is 18.2 Å². The molecule has 0 aliphatic rings. The van der Waals surface area contributed by atoms with Crippen LogP contribution in [0.3, 0.4) is 0 Å². The van der Waals surface area contributed by atoms with Crippen LogP contribution >= 0.6 is 0 Å². The Bertz CT molecular complexity index is 647. The molecule has 0 amide bonds. The molecule has 2 nitrogen and oxygen atoms in total. The second-order valence-corrected chi connectivity index (χ2v) is 4.56. The maximum Gasteiger partial charge on any atom is 0.163 e. The van der Waals surface area contributed by atoms with E-state index in [1.54, 1.807) is 31.2 Å². The third-order valence-corrected chi connectivity index (χ3v) is 3.12. The van der Waals surface area contributed by atoms with Crippen molar-refractivity contribution in [1.82, 2.24) is 5.32 Å². The Hall–Kier alpha value is -2.25. The van der Waals surface area contributed by atoms with Gasteiger partial charge in [0.25, 0.3) is 0 Å². The quantitative estimate of drug-likeness (QED) is 0.921. The van der Waals surface area contributed by atoms with Crippen LogP contribution in [0.5, 0.6) is 0 Å². The van der Waals surface area contributed by atoms with E-state index in [1.165, 1.54) is 6.07 Å². The molecule has 20 heavy (non-hydrogen) atoms. The first-order chi connectivity index (χ1) is 9.61. The number of benzene rings is 2. The van der Waals surface area contributed by atoms with Gasteiger partial charge in [-0.2, -0.15) is 5.26 Å². The van der Waals surface area contributed by atoms with Crippen LogP contribution in [0, 0.1) is 23.0 Å². The van der Waals surface area contributed by atoms with Crippen LogP contribution in [0.15, 0.2) is 42.5 Å². The largest absolute Gasteiger partial charge is 0.306 e. The lowest BCUT2D eigenvalue weighted by Crippen LogP contribution is -2.19. The summed E-state index contributed by atoms with van der Waals surface area (Å²) in [5.74, 6) is -1.67. The summed E-state index contributed by atoms with van der Waals surface area (Å²) in [5.41, 5.74) is 1.79. The lowest BCUT2D eigenvalue weighted by Gasteiger charge is -2.15. The Kier molecular flexibility index (Phi) is 4.44. The normalized spacial score (nSPS) is 11.9. The summed E-state index contributed by atoms with van der Waals surface area (Å²) < 4.78 is 26.8. The molecule has 2 aromatic carbocycles. The fourth-order valence-corrected chi connectivity index (χ4v) is 1.99. The maximum absolute atomic E-state index is 13.6. The van der Waals surface area contributed by atoms with Gasteiger partial charge in [0.15, 0.2) is 11.6 Å². The molecule has 0 fully saturated rings. The second-order valence-electron chi connectivity index (χ2n) is 4.56. The molecule has 0 aliphatic heterocycles. The minimum atomic E-state index is -0.845. The van der Waals surface area contributed by atoms with Crippen LogP contribution < -0.4 is 5.32 Å². The first-order valence-electron chi connectivity index (χ1n) is 6.28. The molecule has 0 spiro atoms. The van der Waals surface area contributed by atoms with Crippen molar-refractivity contribution in [3.05, 3.63) is 70.8 Å². The third kappa shape index (κ3) is 3.19. The SMILES string of the molecule is CC(NCc1cccc(C#N)c1)c1cccc(F)c1F. The van der Waals surface area contributed by atoms with E-state index in [4.69, 9.17) is 5.26 Å². The number of halogens is 2. The summed E-state index contributed by atoms with van der Waals surface area (Å²) in [4.78, 5) is 0. The van der Waals surface area contributed by atoms with Crippen molar-refractivity contribution in [2.24, 2.45) is 0 Å². The molecule has 0 saturated carbocycles. The monoisotopic (exact) mass is 272 g/mol. The predicted octanol–water partition coefficient (Wildman–Crippen LogP) is 3.69. The lowest BCUT2D eigenvalue weighted by molar-refractivity contribution is 0.472. The first kappa shape index (κ1) is 14.2. The highest BCUT2D eigenvalue weighted by Crippen LogP contribution is 2.19. The van der Waals surface area contributed by atoms with E-state index in [0.717, 1.165) is 11.6 Å². The highest BCUT2D eigenvalue weighted by Gasteiger charge is 2.13. The molecule has 1 atom stereocenters. The van der Waals surface area contributed by atoms with Gasteiger partial charge in [-0.1, -0.05) is 24.3 Å². The average Bonchev–Trinajstić information content (AvgIpc) is 2.48. The minimum Gasteiger partial charge on any atom is -0.306 e. The minimum absolute atomic E-state index is 0.293. The van der Waals surface area contributed by atoms with Crippen molar-refractivity contribution in [2.45, 2.75) is 19.5 Å². The Morgan fingerprint density at radius 3 is 2.70 bits per heavy atom. The van der Waals surface area contributed by atoms with Crippen LogP contribution in [-0.2, 0) is 6.54 Å². The summed E-state index contributed by atoms with van der Waals surface area (Å²) in [6, 6.07) is 13.0. The van der Waals surface area contributed by atoms with Crippen LogP contribution in [0.25, 0.3) is 0 Å². The summed E-state index contributed by atoms with van der Waals surface area (Å²) in [6.07, 6.45) is 0. The first-order valence-corrected chi connectivity index (χ1v) is 6.28. The second kappa shape index (κ2) is 6.27. The van der Waals surface area contributed by atoms with E-state index in [1.807, 2.05) is 6.07 Å². The molecule has 0 aromatic heterocycles. The van der Waals surface area contributed by atoms with E-state index in [-0.39, 0.29) is 6.04 Å². The van der Waals surface area contributed by atoms with Gasteiger partial charge in [-0.05, 0) is 30.7 Å². The van der Waals surface area contributed by atoms with Crippen molar-refractivity contribution in [3.63, 3.8) is 0 Å². The van der Waals surface area contributed by atoms with Crippen molar-refractivity contribution in [2.75, 3.05) is 0 Å². The van der Waals surface area contributed by atoms with Gasteiger partial charge in [-0.15, -0.1) is 0 Å². The standard InChI is InChI=1S/C16H14F2N2/c1-11(14-6-3-7-15(17)16(14)18)20-10-13-5-2-4-12(8-13)9-19/h2-8,11,20H,10H2,1H3. The maximum atomic E-state index is 13.6. The van der Waals surface area contributed by atoms with Crippen LogP contribution in [0.4, 0.5) is 8.78 Å². The molecule has 0 saturated heterocycles. The van der Waals surface area contributed by atoms with E-state index in [9.17, 15) is 8.78 Å². The molecule has 4 heteroatoms. The van der Waals surface area contributed by atoms with Crippen molar-refractivity contribution >= 4 is 0 Å². The molecule has 0 aliphatic carbocycles. The van der Waals surface area contributed by atoms with Crippen LogP contribution in [0.1, 0.15) is 29.7 Å². The van der Waals surface area contributed by atoms with Crippen LogP contribution in [-0.4, -0.2) is 0 Å². The molecule has 102 valence electrons. The van der Waals surface area contributed by atoms with Gasteiger partial charge in [-0.25, -0.2) is 8.78 Å². The Morgan fingerprint density at radius 2 is 1.95 bits per heavy atom. The molecular formula is C16H14F2N2. The van der Waals surface area contributed by atoms with Gasteiger partial charge < -0.3 is 5.32 Å². The molecule has 0 bridgehead atoms. The molecule has 0 radical (unpaired) electrons. The zero-order valence-corrected chi connectivity index (χ0v) is 11.0. The van der Waals surface area contributed by atoms with Gasteiger partial charge in [0.05, 0.1) is 11.6 Å². The zero-order chi connectivity index (χ0) is 14.5. The van der Waals surface area contributed by atoms with Crippen molar-refractivity contribution in [3.8, 4) is 6.07 Å². The van der Waals surface area contributed by atoms with Crippen molar-refractivity contribution in [1.29, 1.82) is 5.26 Å². The van der Waals surface area contributed by atoms with Gasteiger partial charge >= 0.3 is 0 Å². The van der Waals surface area contributed by atoms with Gasteiger partial charge in [0.1, 0.15) is 0 Å². The molecule has 1 N–H and O–H groups in total. The number of rotatable bonds is 4. The lowest BCUT2D eigenvalue weighted by atomic mass is 10.1. The summed E-state index contributed by atoms with van der Waals surface area (Å²) in [6.45, 7) is 2.25. The van der Waals surface area contributed by atoms with E-state index < -0.39 is 11.6 Å². The number of hydrogen-bond donors (Lipinski definition) is 1. The van der Waals surface area contributed by atoms with Crippen molar-refractivity contribution < 1.29 is 8.78 Å². The number of nitriles is 1. The topological polar surface area (TPSA) is 35.8 Å². The number of nitrogens with one attached hydrogen (secondary N) is 1. The molecule has 0 heterocycles. The average molecular weight is 272 g/mol. The molecule has 1 unspecified atom stereocenters. The Balaban J connectivity index is 2.07. The van der Waals surface area contributed by atoms with E-state index in [2.05, 4.69) is 11.4 Å². The highest BCUT2D eigenvalue weighted by atomic mass is 19.2.